The molecule has 0 atom stereocenters. The first-order valence-corrected chi connectivity index (χ1v) is 1.91. The maximum atomic E-state index is 11.8. The maximum absolute atomic E-state index is 11.8. The highest BCUT2D eigenvalue weighted by Crippen LogP contribution is 2.17. The molecular weight excluding hydrogens is 116 g/mol. The number of hydrogen-bond acceptors (Lipinski definition) is 1. The first-order valence-electron chi connectivity index (χ1n) is 1.91. The zero-order valence-electron chi connectivity index (χ0n) is 3.74. The SMILES string of the molecule is O=C1NC=[C]C1(F)F. The molecule has 1 aliphatic rings. The van der Waals surface area contributed by atoms with E-state index in [1.807, 2.05) is 0 Å². The summed E-state index contributed by atoms with van der Waals surface area (Å²) in [6, 6.07) is 0. The van der Waals surface area contributed by atoms with Gasteiger partial charge in [-0.25, -0.2) is 0 Å². The van der Waals surface area contributed by atoms with E-state index >= 15 is 0 Å². The quantitative estimate of drug-likeness (QED) is 0.479. The Hall–Kier alpha value is -0.930. The van der Waals surface area contributed by atoms with E-state index in [0.29, 0.717) is 0 Å². The van der Waals surface area contributed by atoms with Crippen molar-refractivity contribution in [3.63, 3.8) is 0 Å². The van der Waals surface area contributed by atoms with Crippen molar-refractivity contribution in [2.24, 2.45) is 0 Å². The largest absolute Gasteiger partial charge is 0.352 e. The molecule has 0 saturated carbocycles. The van der Waals surface area contributed by atoms with Crippen molar-refractivity contribution in [2.45, 2.75) is 5.92 Å². The second kappa shape index (κ2) is 1.27. The number of rotatable bonds is 0. The number of amides is 1. The molecule has 4 heteroatoms. The first kappa shape index (κ1) is 5.21. The van der Waals surface area contributed by atoms with Gasteiger partial charge in [0, 0.05) is 6.20 Å². The van der Waals surface area contributed by atoms with E-state index in [4.69, 9.17) is 0 Å². The standard InChI is InChI=1S/C4H2F2NO/c5-4(6)1-2-7-3(4)8/h2H,(H,7,8). The number of carbonyl (C=O) groups excluding carboxylic acids is 1. The van der Waals surface area contributed by atoms with Crippen LogP contribution in [0.25, 0.3) is 0 Å². The summed E-state index contributed by atoms with van der Waals surface area (Å²) in [6.07, 6.45) is 2.33. The smallest absolute Gasteiger partial charge is 0.327 e. The number of nitrogens with one attached hydrogen (secondary N) is 1. The molecule has 0 fully saturated rings. The Morgan fingerprint density at radius 2 is 2.38 bits per heavy atom. The molecule has 1 aliphatic heterocycles. The molecule has 0 bridgehead atoms. The molecule has 0 aliphatic carbocycles. The van der Waals surface area contributed by atoms with E-state index in [-0.39, 0.29) is 0 Å². The zero-order chi connectivity index (χ0) is 6.20. The molecule has 1 rings (SSSR count). The van der Waals surface area contributed by atoms with Crippen molar-refractivity contribution in [2.75, 3.05) is 0 Å². The van der Waals surface area contributed by atoms with Gasteiger partial charge in [0.1, 0.15) is 0 Å². The average Bonchev–Trinajstić information content (AvgIpc) is 1.86. The van der Waals surface area contributed by atoms with Crippen molar-refractivity contribution in [3.8, 4) is 0 Å². The highest BCUT2D eigenvalue weighted by molar-refractivity contribution is 5.87. The van der Waals surface area contributed by atoms with Crippen LogP contribution in [0, 0.1) is 6.08 Å². The lowest BCUT2D eigenvalue weighted by Crippen LogP contribution is -2.29. The van der Waals surface area contributed by atoms with E-state index in [2.05, 4.69) is 0 Å². The Labute approximate surface area is 44.2 Å². The number of alkyl halides is 2. The molecule has 0 aromatic rings. The molecule has 1 N–H and O–H groups in total. The van der Waals surface area contributed by atoms with Gasteiger partial charge in [0.15, 0.2) is 0 Å². The van der Waals surface area contributed by atoms with Gasteiger partial charge in [-0.15, -0.1) is 0 Å². The molecule has 1 heterocycles. The summed E-state index contributed by atoms with van der Waals surface area (Å²) in [5, 5.41) is 1.78. The number of halogens is 2. The summed E-state index contributed by atoms with van der Waals surface area (Å²) in [5.74, 6) is -4.71. The van der Waals surface area contributed by atoms with Gasteiger partial charge in [0.2, 0.25) is 0 Å². The third-order valence-corrected chi connectivity index (χ3v) is 0.742. The summed E-state index contributed by atoms with van der Waals surface area (Å²) < 4.78 is 23.6. The van der Waals surface area contributed by atoms with Gasteiger partial charge >= 0.3 is 5.92 Å². The van der Waals surface area contributed by atoms with Crippen LogP contribution in [0.1, 0.15) is 0 Å². The third kappa shape index (κ3) is 0.576. The van der Waals surface area contributed by atoms with Gasteiger partial charge in [-0.05, 0) is 0 Å². The lowest BCUT2D eigenvalue weighted by molar-refractivity contribution is -0.137. The lowest BCUT2D eigenvalue weighted by atomic mass is 10.4. The van der Waals surface area contributed by atoms with Crippen LogP contribution in [0.2, 0.25) is 0 Å². The monoisotopic (exact) mass is 118 g/mol. The Balaban J connectivity index is 2.82. The van der Waals surface area contributed by atoms with Crippen LogP contribution >= 0.6 is 0 Å². The fourth-order valence-electron chi connectivity index (χ4n) is 0.348. The van der Waals surface area contributed by atoms with Crippen LogP contribution in [0.15, 0.2) is 6.20 Å². The molecule has 43 valence electrons. The highest BCUT2D eigenvalue weighted by Gasteiger charge is 2.39. The maximum Gasteiger partial charge on any atom is 0.352 e. The van der Waals surface area contributed by atoms with Gasteiger partial charge in [0.25, 0.3) is 5.91 Å². The summed E-state index contributed by atoms with van der Waals surface area (Å²) in [7, 11) is 0. The van der Waals surface area contributed by atoms with Crippen molar-refractivity contribution in [1.29, 1.82) is 0 Å². The molecule has 0 aromatic carbocycles. The summed E-state index contributed by atoms with van der Waals surface area (Å²) in [6.45, 7) is 0. The van der Waals surface area contributed by atoms with Crippen molar-refractivity contribution < 1.29 is 13.6 Å². The van der Waals surface area contributed by atoms with Crippen LogP contribution in [0.4, 0.5) is 8.78 Å². The van der Waals surface area contributed by atoms with Gasteiger partial charge in [-0.1, -0.05) is 0 Å². The minimum absolute atomic E-state index is 0.808. The van der Waals surface area contributed by atoms with Gasteiger partial charge < -0.3 is 5.32 Å². The molecule has 8 heavy (non-hydrogen) atoms. The highest BCUT2D eigenvalue weighted by atomic mass is 19.3. The van der Waals surface area contributed by atoms with Crippen molar-refractivity contribution in [1.82, 2.24) is 5.32 Å². The van der Waals surface area contributed by atoms with Crippen LogP contribution in [-0.4, -0.2) is 11.8 Å². The average molecular weight is 118 g/mol. The Morgan fingerprint density at radius 1 is 1.75 bits per heavy atom. The molecule has 2 nitrogen and oxygen atoms in total. The van der Waals surface area contributed by atoms with E-state index < -0.39 is 11.8 Å². The topological polar surface area (TPSA) is 29.1 Å². The summed E-state index contributed by atoms with van der Waals surface area (Å²) in [5.41, 5.74) is 0. The fourth-order valence-corrected chi connectivity index (χ4v) is 0.348. The predicted octanol–water partition coefficient (Wildman–Crippen LogP) is 0.0684. The first-order chi connectivity index (χ1) is 3.63. The summed E-state index contributed by atoms with van der Waals surface area (Å²) in [4.78, 5) is 9.94. The molecular formula is C4H2F2NO. The third-order valence-electron chi connectivity index (χ3n) is 0.742. The number of hydrogen-bond donors (Lipinski definition) is 1. The van der Waals surface area contributed by atoms with Gasteiger partial charge in [0.05, 0.1) is 6.08 Å². The molecule has 0 spiro atoms. The Kier molecular flexibility index (Phi) is 0.829. The normalized spacial score (nSPS) is 23.5. The molecule has 0 unspecified atom stereocenters. The lowest BCUT2D eigenvalue weighted by Gasteiger charge is -1.98. The number of carbonyl (C=O) groups is 1. The predicted molar refractivity (Wildman–Crippen MR) is 20.9 cm³/mol. The molecule has 1 radical (unpaired) electrons. The van der Waals surface area contributed by atoms with Crippen LogP contribution in [0.5, 0.6) is 0 Å². The minimum Gasteiger partial charge on any atom is -0.327 e. The van der Waals surface area contributed by atoms with Crippen LogP contribution in [0.3, 0.4) is 0 Å². The van der Waals surface area contributed by atoms with E-state index in [1.165, 1.54) is 6.08 Å². The minimum atomic E-state index is -3.40. The molecule has 0 saturated heterocycles. The second-order valence-corrected chi connectivity index (χ2v) is 1.34. The van der Waals surface area contributed by atoms with E-state index in [9.17, 15) is 13.6 Å². The van der Waals surface area contributed by atoms with E-state index in [1.54, 1.807) is 5.32 Å². The van der Waals surface area contributed by atoms with Crippen LogP contribution in [-0.2, 0) is 4.79 Å². The van der Waals surface area contributed by atoms with Crippen molar-refractivity contribution in [3.05, 3.63) is 12.3 Å². The van der Waals surface area contributed by atoms with Crippen LogP contribution < -0.4 is 5.32 Å². The van der Waals surface area contributed by atoms with E-state index in [0.717, 1.165) is 6.20 Å². The fraction of sp³-hybridized carbons (Fsp3) is 0.250. The van der Waals surface area contributed by atoms with Gasteiger partial charge in [-0.3, -0.25) is 4.79 Å². The Morgan fingerprint density at radius 3 is 2.50 bits per heavy atom. The summed E-state index contributed by atoms with van der Waals surface area (Å²) >= 11 is 0. The molecule has 0 aromatic heterocycles. The van der Waals surface area contributed by atoms with Crippen molar-refractivity contribution >= 4 is 5.91 Å². The zero-order valence-corrected chi connectivity index (χ0v) is 3.74. The Bertz CT molecular complexity index is 152. The second-order valence-electron chi connectivity index (χ2n) is 1.34. The van der Waals surface area contributed by atoms with Gasteiger partial charge in [-0.2, -0.15) is 8.78 Å². The molecule has 1 amide bonds.